The molecule has 0 unspecified atom stereocenters. The second-order valence-corrected chi connectivity index (χ2v) is 9.09. The van der Waals surface area contributed by atoms with Gasteiger partial charge in [0.25, 0.3) is 0 Å². The van der Waals surface area contributed by atoms with Crippen molar-refractivity contribution in [2.75, 3.05) is 7.05 Å². The number of sulfonamides is 1. The van der Waals surface area contributed by atoms with Gasteiger partial charge in [0.1, 0.15) is 11.2 Å². The molecular weight excluding hydrogens is 470 g/mol. The van der Waals surface area contributed by atoms with Crippen LogP contribution in [0.2, 0.25) is 0 Å². The first-order valence-electron chi connectivity index (χ1n) is 8.70. The molecule has 0 bridgehead atoms. The van der Waals surface area contributed by atoms with Crippen LogP contribution < -0.4 is 0 Å². The Morgan fingerprint density at radius 2 is 1.68 bits per heavy atom. The summed E-state index contributed by atoms with van der Waals surface area (Å²) in [5.74, 6) is 0. The molecule has 1 aromatic carbocycles. The molecule has 0 aromatic heterocycles. The fraction of sp³-hybridized carbons (Fsp3) is 0.263. The van der Waals surface area contributed by atoms with E-state index in [1.807, 2.05) is 0 Å². The summed E-state index contributed by atoms with van der Waals surface area (Å²) in [6.07, 6.45) is -2.51. The number of benzene rings is 1. The minimum absolute atomic E-state index is 0.0995. The molecule has 0 saturated carbocycles. The highest BCUT2D eigenvalue weighted by molar-refractivity contribution is 7.93. The number of nitrogens with zero attached hydrogens (tertiary/aromatic N) is 2. The predicted octanol–water partition coefficient (Wildman–Crippen LogP) is 5.65. The fourth-order valence-corrected chi connectivity index (χ4v) is 4.75. The lowest BCUT2D eigenvalue weighted by Crippen LogP contribution is -2.40. The van der Waals surface area contributed by atoms with Crippen molar-refractivity contribution in [3.05, 3.63) is 81.7 Å². The SMILES string of the molecule is CN([C@H](c1ccc(C(F)(F)F)cc1)C(F)(F)F)S(=O)(=O)C1=CC2=CCC=C(Cl)N2C=C1. The smallest absolute Gasteiger partial charge is 0.308 e. The Labute approximate surface area is 179 Å². The molecule has 2 heterocycles. The van der Waals surface area contributed by atoms with Crippen LogP contribution in [-0.4, -0.2) is 30.8 Å². The molecular formula is C19H15ClF6N2O2S. The number of hydrogen-bond acceptors (Lipinski definition) is 3. The lowest BCUT2D eigenvalue weighted by Gasteiger charge is -2.32. The lowest BCUT2D eigenvalue weighted by molar-refractivity contribution is -0.171. The van der Waals surface area contributed by atoms with Crippen LogP contribution in [0.5, 0.6) is 0 Å². The van der Waals surface area contributed by atoms with Gasteiger partial charge >= 0.3 is 12.4 Å². The molecule has 0 amide bonds. The second kappa shape index (κ2) is 8.03. The highest BCUT2D eigenvalue weighted by Crippen LogP contribution is 2.41. The molecule has 0 spiro atoms. The van der Waals surface area contributed by atoms with Gasteiger partial charge in [0.15, 0.2) is 0 Å². The van der Waals surface area contributed by atoms with E-state index in [-0.39, 0.29) is 4.31 Å². The predicted molar refractivity (Wildman–Crippen MR) is 103 cm³/mol. The van der Waals surface area contributed by atoms with E-state index in [9.17, 15) is 34.8 Å². The van der Waals surface area contributed by atoms with E-state index < -0.39 is 44.4 Å². The number of hydrogen-bond donors (Lipinski definition) is 0. The minimum atomic E-state index is -5.08. The zero-order valence-electron chi connectivity index (χ0n) is 15.7. The van der Waals surface area contributed by atoms with E-state index >= 15 is 0 Å². The molecule has 3 rings (SSSR count). The van der Waals surface area contributed by atoms with Crippen LogP contribution in [0.4, 0.5) is 26.3 Å². The van der Waals surface area contributed by atoms with E-state index in [4.69, 9.17) is 11.6 Å². The van der Waals surface area contributed by atoms with Gasteiger partial charge in [0, 0.05) is 18.9 Å². The van der Waals surface area contributed by atoms with Crippen LogP contribution in [0.3, 0.4) is 0 Å². The Bertz CT molecular complexity index is 1090. The zero-order valence-corrected chi connectivity index (χ0v) is 17.3. The van der Waals surface area contributed by atoms with Gasteiger partial charge in [-0.2, -0.15) is 30.6 Å². The molecule has 0 aliphatic carbocycles. The van der Waals surface area contributed by atoms with Crippen LogP contribution in [0, 0.1) is 0 Å². The summed E-state index contributed by atoms with van der Waals surface area (Å²) in [6, 6.07) is -0.487. The normalized spacial score (nSPS) is 18.4. The van der Waals surface area contributed by atoms with Crippen LogP contribution in [-0.2, 0) is 16.2 Å². The van der Waals surface area contributed by atoms with Crippen molar-refractivity contribution in [3.63, 3.8) is 0 Å². The molecule has 4 nitrogen and oxygen atoms in total. The standard InChI is InChI=1S/C19H15ClF6N2O2S/c1-27(17(19(24,25)26)12-5-7-13(8-6-12)18(21,22)23)31(29,30)15-9-10-28-14(11-15)3-2-4-16(28)20/h3-11,17H,2H2,1H3/t17-/m1/s1. The van der Waals surface area contributed by atoms with Crippen LogP contribution >= 0.6 is 11.6 Å². The monoisotopic (exact) mass is 484 g/mol. The van der Waals surface area contributed by atoms with Crippen molar-refractivity contribution in [1.29, 1.82) is 0 Å². The van der Waals surface area contributed by atoms with E-state index in [0.717, 1.165) is 13.1 Å². The first kappa shape index (κ1) is 23.4. The van der Waals surface area contributed by atoms with Crippen molar-refractivity contribution in [2.45, 2.75) is 24.8 Å². The van der Waals surface area contributed by atoms with E-state index in [1.165, 1.54) is 17.2 Å². The molecule has 0 N–H and O–H groups in total. The molecule has 168 valence electrons. The van der Waals surface area contributed by atoms with Crippen molar-refractivity contribution < 1.29 is 34.8 Å². The summed E-state index contributed by atoms with van der Waals surface area (Å²) in [5.41, 5.74) is -1.41. The summed E-state index contributed by atoms with van der Waals surface area (Å²) in [6.45, 7) is 0. The molecule has 1 aromatic rings. The topological polar surface area (TPSA) is 40.6 Å². The van der Waals surface area contributed by atoms with Crippen molar-refractivity contribution >= 4 is 21.6 Å². The maximum absolute atomic E-state index is 13.8. The highest BCUT2D eigenvalue weighted by Gasteiger charge is 2.48. The molecule has 12 heteroatoms. The van der Waals surface area contributed by atoms with Gasteiger partial charge in [-0.3, -0.25) is 0 Å². The van der Waals surface area contributed by atoms with E-state index in [0.29, 0.717) is 41.5 Å². The van der Waals surface area contributed by atoms with Gasteiger partial charge < -0.3 is 4.90 Å². The number of rotatable bonds is 4. The number of alkyl halides is 6. The van der Waals surface area contributed by atoms with Gasteiger partial charge in [-0.1, -0.05) is 29.8 Å². The summed E-state index contributed by atoms with van der Waals surface area (Å²) in [5, 5.41) is 0.313. The van der Waals surface area contributed by atoms with Crippen molar-refractivity contribution in [2.24, 2.45) is 0 Å². The van der Waals surface area contributed by atoms with Crippen molar-refractivity contribution in [3.8, 4) is 0 Å². The Morgan fingerprint density at radius 3 is 2.23 bits per heavy atom. The number of halogens is 7. The summed E-state index contributed by atoms with van der Waals surface area (Å²) in [7, 11) is -3.93. The Hall–Kier alpha value is -2.24. The first-order valence-corrected chi connectivity index (χ1v) is 10.5. The Kier molecular flexibility index (Phi) is 6.07. The fourth-order valence-electron chi connectivity index (χ4n) is 3.15. The molecule has 0 saturated heterocycles. The Balaban J connectivity index is 1.98. The lowest BCUT2D eigenvalue weighted by atomic mass is 10.0. The minimum Gasteiger partial charge on any atom is -0.308 e. The van der Waals surface area contributed by atoms with Gasteiger partial charge in [-0.05, 0) is 42.3 Å². The maximum Gasteiger partial charge on any atom is 0.416 e. The van der Waals surface area contributed by atoms with Gasteiger partial charge in [0.2, 0.25) is 10.0 Å². The average molecular weight is 485 g/mol. The molecule has 0 fully saturated rings. The number of allylic oxidation sites excluding steroid dienone is 4. The summed E-state index contributed by atoms with van der Waals surface area (Å²) >= 11 is 6.03. The van der Waals surface area contributed by atoms with Crippen LogP contribution in [0.15, 0.2) is 70.5 Å². The third kappa shape index (κ3) is 4.68. The van der Waals surface area contributed by atoms with Crippen molar-refractivity contribution in [1.82, 2.24) is 9.21 Å². The third-order valence-electron chi connectivity index (χ3n) is 4.70. The molecule has 31 heavy (non-hydrogen) atoms. The second-order valence-electron chi connectivity index (χ2n) is 6.71. The first-order chi connectivity index (χ1) is 14.2. The average Bonchev–Trinajstić information content (AvgIpc) is 2.66. The molecule has 0 radical (unpaired) electrons. The zero-order chi connectivity index (χ0) is 23.2. The van der Waals surface area contributed by atoms with Crippen LogP contribution in [0.1, 0.15) is 23.6 Å². The largest absolute Gasteiger partial charge is 0.416 e. The quantitative estimate of drug-likeness (QED) is 0.409. The van der Waals surface area contributed by atoms with E-state index in [2.05, 4.69) is 0 Å². The van der Waals surface area contributed by atoms with E-state index in [1.54, 1.807) is 12.2 Å². The third-order valence-corrected chi connectivity index (χ3v) is 6.86. The summed E-state index contributed by atoms with van der Waals surface area (Å²) < 4.78 is 106. The van der Waals surface area contributed by atoms with Gasteiger partial charge in [-0.25, -0.2) is 8.42 Å². The van der Waals surface area contributed by atoms with Gasteiger partial charge in [0.05, 0.1) is 10.5 Å². The van der Waals surface area contributed by atoms with Crippen LogP contribution in [0.25, 0.3) is 0 Å². The highest BCUT2D eigenvalue weighted by atomic mass is 35.5. The maximum atomic E-state index is 13.8. The molecule has 2 aliphatic heterocycles. The summed E-state index contributed by atoms with van der Waals surface area (Å²) in [4.78, 5) is 1.05. The molecule has 2 aliphatic rings. The van der Waals surface area contributed by atoms with Gasteiger partial charge in [-0.15, -0.1) is 0 Å². The Morgan fingerprint density at radius 1 is 1.06 bits per heavy atom. The number of fused-ring (bicyclic) bond motifs is 1. The molecule has 1 atom stereocenters.